The van der Waals surface area contributed by atoms with Crippen LogP contribution >= 0.6 is 15.6 Å². The van der Waals surface area contributed by atoms with E-state index in [9.17, 15) is 43.4 Å². The molecule has 0 bridgehead atoms. The van der Waals surface area contributed by atoms with Gasteiger partial charge < -0.3 is 42.9 Å². The SMILES string of the molecule is C[C@H]1C[C@H]2[C@@H]3CCC4=CC(=O)C=C[C@]4(C)[C@@]3(F)[C@@H](O)C[C@]2(C)[C@@]1(OP(=O)([O-])[O-])C(=O)COP(=O)([O-])[O-].[Na+].[Na+]. The Labute approximate surface area is 264 Å². The van der Waals surface area contributed by atoms with Gasteiger partial charge in [-0.2, -0.15) is 0 Å². The molecule has 4 aliphatic carbocycles. The number of alkyl halides is 1. The minimum Gasteiger partial charge on any atom is -0.790 e. The smallest absolute Gasteiger partial charge is 0.790 e. The van der Waals surface area contributed by atoms with Crippen molar-refractivity contribution in [2.75, 3.05) is 6.61 Å². The normalized spacial score (nSPS) is 42.1. The Bertz CT molecular complexity index is 1150. The molecule has 38 heavy (non-hydrogen) atoms. The zero-order valence-electron chi connectivity index (χ0n) is 21.9. The molecule has 8 atom stereocenters. The summed E-state index contributed by atoms with van der Waals surface area (Å²) in [6.07, 6.45) is 2.18. The molecule has 0 aromatic heterocycles. The molecule has 0 aliphatic heterocycles. The number of aliphatic hydroxyl groups excluding tert-OH is 1. The fourth-order valence-corrected chi connectivity index (χ4v) is 8.91. The quantitative estimate of drug-likeness (QED) is 0.227. The maximum absolute atomic E-state index is 17.2. The molecule has 0 aromatic carbocycles. The molecule has 0 saturated heterocycles. The van der Waals surface area contributed by atoms with Gasteiger partial charge in [-0.3, -0.25) is 9.59 Å². The Kier molecular flexibility index (Phi) is 10.4. The molecule has 16 heteroatoms. The number of aliphatic hydroxyl groups is 1. The van der Waals surface area contributed by atoms with Gasteiger partial charge in [0.05, 0.1) is 21.7 Å². The van der Waals surface area contributed by atoms with Crippen molar-refractivity contribution in [3.63, 3.8) is 0 Å². The molecule has 3 saturated carbocycles. The van der Waals surface area contributed by atoms with E-state index >= 15 is 4.39 Å². The first-order valence-corrected chi connectivity index (χ1v) is 14.5. The summed E-state index contributed by atoms with van der Waals surface area (Å²) in [4.78, 5) is 71.0. The number of Topliss-reactive ketones (excluding diaryl/α,β-unsaturated/α-hetero) is 1. The number of carbonyl (C=O) groups excluding carboxylic acids is 2. The molecular formula is C22H27FNa2O11P2-2. The summed E-state index contributed by atoms with van der Waals surface area (Å²) in [6, 6.07) is 0. The van der Waals surface area contributed by atoms with Crippen LogP contribution in [0.4, 0.5) is 4.39 Å². The van der Waals surface area contributed by atoms with E-state index in [4.69, 9.17) is 4.52 Å². The second-order valence-electron chi connectivity index (χ2n) is 10.8. The number of halogens is 1. The molecule has 0 spiro atoms. The number of carbonyl (C=O) groups is 2. The first kappa shape index (κ1) is 35.1. The zero-order valence-corrected chi connectivity index (χ0v) is 27.7. The summed E-state index contributed by atoms with van der Waals surface area (Å²) < 4.78 is 49.1. The topological polar surface area (TPSA) is 199 Å². The number of hydrogen-bond donors (Lipinski definition) is 1. The minimum absolute atomic E-state index is 0. The van der Waals surface area contributed by atoms with Crippen LogP contribution in [-0.4, -0.2) is 40.7 Å². The van der Waals surface area contributed by atoms with E-state index < -0.39 is 80.4 Å². The Morgan fingerprint density at radius 1 is 1.16 bits per heavy atom. The number of phosphoric ester groups is 2. The maximum Gasteiger partial charge on any atom is 1.00 e. The van der Waals surface area contributed by atoms with Gasteiger partial charge in [0.2, 0.25) is 0 Å². The van der Waals surface area contributed by atoms with Crippen LogP contribution in [0.1, 0.15) is 46.5 Å². The van der Waals surface area contributed by atoms with Gasteiger partial charge in [0, 0.05) is 16.7 Å². The van der Waals surface area contributed by atoms with Crippen molar-refractivity contribution >= 4 is 27.2 Å². The van der Waals surface area contributed by atoms with Crippen LogP contribution in [-0.2, 0) is 27.8 Å². The van der Waals surface area contributed by atoms with Gasteiger partial charge >= 0.3 is 59.1 Å². The molecule has 0 amide bonds. The average molecular weight is 594 g/mol. The zero-order chi connectivity index (χ0) is 27.1. The molecule has 0 radical (unpaired) electrons. The van der Waals surface area contributed by atoms with Gasteiger partial charge in [0.15, 0.2) is 17.2 Å². The molecule has 202 valence electrons. The van der Waals surface area contributed by atoms with E-state index in [0.29, 0.717) is 12.0 Å². The predicted molar refractivity (Wildman–Crippen MR) is 113 cm³/mol. The number of phosphoric acid groups is 2. The molecule has 3 fully saturated rings. The molecule has 0 heterocycles. The van der Waals surface area contributed by atoms with Crippen LogP contribution in [0.15, 0.2) is 23.8 Å². The van der Waals surface area contributed by atoms with E-state index in [-0.39, 0.29) is 77.7 Å². The fourth-order valence-electron chi connectivity index (χ4n) is 7.79. The van der Waals surface area contributed by atoms with E-state index in [0.717, 1.165) is 0 Å². The Hall–Kier alpha value is 0.930. The molecule has 0 unspecified atom stereocenters. The van der Waals surface area contributed by atoms with Gasteiger partial charge in [-0.1, -0.05) is 25.5 Å². The number of fused-ring (bicyclic) bond motifs is 5. The predicted octanol–water partition coefficient (Wildman–Crippen LogP) is -6.39. The third-order valence-corrected chi connectivity index (χ3v) is 10.2. The van der Waals surface area contributed by atoms with Gasteiger partial charge in [0.1, 0.15) is 12.2 Å². The Morgan fingerprint density at radius 3 is 2.32 bits per heavy atom. The standard InChI is InChI=1S/C22H31FO11P2.2Na/c1-12-8-16-15-5-4-13-9-14(24)6-7-19(13,2)21(15,23)17(25)10-20(16,3)22(12,34-36(30,31)32)18(26)11-33-35(27,28)29;;/h6-7,9,12,15-17,25H,4-5,8,10-11H2,1-3H3,(H2,27,28,29)(H2,30,31,32);;/q;2*+1/p-4/t12-,15-,16-,17-,19-,20-,21-,22-;;/m0../s1. The van der Waals surface area contributed by atoms with Crippen molar-refractivity contribution < 1.29 is 116 Å². The van der Waals surface area contributed by atoms with Crippen molar-refractivity contribution in [3.05, 3.63) is 23.8 Å². The molecule has 0 aromatic rings. The number of allylic oxidation sites excluding steroid dienone is 4. The van der Waals surface area contributed by atoms with Gasteiger partial charge in [-0.25, -0.2) is 4.39 Å². The second-order valence-corrected chi connectivity index (χ2v) is 13.0. The van der Waals surface area contributed by atoms with Gasteiger partial charge in [-0.15, -0.1) is 0 Å². The van der Waals surface area contributed by atoms with Crippen molar-refractivity contribution in [2.24, 2.45) is 28.6 Å². The van der Waals surface area contributed by atoms with E-state index in [1.165, 1.54) is 32.1 Å². The van der Waals surface area contributed by atoms with E-state index in [2.05, 4.69) is 4.52 Å². The molecule has 1 N–H and O–H groups in total. The summed E-state index contributed by atoms with van der Waals surface area (Å²) in [5.41, 5.74) is -7.27. The number of hydrogen-bond acceptors (Lipinski definition) is 11. The van der Waals surface area contributed by atoms with Crippen LogP contribution < -0.4 is 78.7 Å². The van der Waals surface area contributed by atoms with Gasteiger partial charge in [0.25, 0.3) is 0 Å². The van der Waals surface area contributed by atoms with Crippen molar-refractivity contribution in [2.45, 2.75) is 63.8 Å². The summed E-state index contributed by atoms with van der Waals surface area (Å²) in [6.45, 7) is 3.00. The van der Waals surface area contributed by atoms with Crippen LogP contribution in [0, 0.1) is 28.6 Å². The van der Waals surface area contributed by atoms with E-state index in [1.54, 1.807) is 6.92 Å². The third kappa shape index (κ3) is 5.29. The second kappa shape index (κ2) is 11.2. The monoisotopic (exact) mass is 594 g/mol. The largest absolute Gasteiger partial charge is 1.00 e. The van der Waals surface area contributed by atoms with Crippen LogP contribution in [0.25, 0.3) is 0 Å². The van der Waals surface area contributed by atoms with Crippen molar-refractivity contribution in [1.82, 2.24) is 0 Å². The maximum atomic E-state index is 17.2. The molecule has 4 rings (SSSR count). The summed E-state index contributed by atoms with van der Waals surface area (Å²) in [5, 5.41) is 11.3. The molecule has 11 nitrogen and oxygen atoms in total. The molecular weight excluding hydrogens is 567 g/mol. The van der Waals surface area contributed by atoms with Gasteiger partial charge in [-0.05, 0) is 56.6 Å². The number of rotatable bonds is 6. The van der Waals surface area contributed by atoms with E-state index in [1.807, 2.05) is 0 Å². The average Bonchev–Trinajstić information content (AvgIpc) is 2.94. The Morgan fingerprint density at radius 2 is 1.76 bits per heavy atom. The fraction of sp³-hybridized carbons (Fsp3) is 0.727. The first-order valence-electron chi connectivity index (χ1n) is 11.6. The van der Waals surface area contributed by atoms with Crippen LogP contribution in [0.3, 0.4) is 0 Å². The minimum atomic E-state index is -5.89. The summed E-state index contributed by atoms with van der Waals surface area (Å²) >= 11 is 0. The number of ketones is 2. The van der Waals surface area contributed by atoms with Crippen LogP contribution in [0.5, 0.6) is 0 Å². The van der Waals surface area contributed by atoms with Crippen molar-refractivity contribution in [3.8, 4) is 0 Å². The molecule has 4 aliphatic rings. The summed E-state index contributed by atoms with van der Waals surface area (Å²) in [5.74, 6) is -4.34. The Balaban J connectivity index is 0.00000253. The first-order chi connectivity index (χ1) is 16.3. The summed E-state index contributed by atoms with van der Waals surface area (Å²) in [7, 11) is -11.5. The van der Waals surface area contributed by atoms with Crippen molar-refractivity contribution in [1.29, 1.82) is 0 Å². The third-order valence-electron chi connectivity index (χ3n) is 9.20. The van der Waals surface area contributed by atoms with Crippen LogP contribution in [0.2, 0.25) is 0 Å².